The smallest absolute Gasteiger partial charge is 0.258 e. The summed E-state index contributed by atoms with van der Waals surface area (Å²) in [6.07, 6.45) is 3.57. The van der Waals surface area contributed by atoms with Gasteiger partial charge in [0.2, 0.25) is 5.91 Å². The molecule has 6 nitrogen and oxygen atoms in total. The maximum absolute atomic E-state index is 12.5. The molecule has 1 heterocycles. The van der Waals surface area contributed by atoms with Crippen molar-refractivity contribution in [2.45, 2.75) is 52.0 Å². The Kier molecular flexibility index (Phi) is 8.96. The number of ether oxygens (including phenoxy) is 2. The molecule has 0 unspecified atom stereocenters. The van der Waals surface area contributed by atoms with Gasteiger partial charge in [-0.2, -0.15) is 0 Å². The molecule has 0 aromatic heterocycles. The van der Waals surface area contributed by atoms with E-state index in [9.17, 15) is 9.59 Å². The first-order valence-corrected chi connectivity index (χ1v) is 11.5. The first kappa shape index (κ1) is 23.6. The number of para-hydroxylation sites is 1. The van der Waals surface area contributed by atoms with Gasteiger partial charge in [0.15, 0.2) is 6.61 Å². The Bertz CT molecular complexity index is 874. The summed E-state index contributed by atoms with van der Waals surface area (Å²) in [6.45, 7) is 5.98. The number of amides is 2. The van der Waals surface area contributed by atoms with Crippen molar-refractivity contribution in [2.24, 2.45) is 0 Å². The van der Waals surface area contributed by atoms with Crippen LogP contribution in [0.2, 0.25) is 0 Å². The molecule has 2 amide bonds. The SMILES string of the molecule is CCc1ccccc1OCC(=O)NC1CCN(C(=O)CCCOc2ccc(C)cc2)CC1. The Hall–Kier alpha value is -3.02. The highest BCUT2D eigenvalue weighted by atomic mass is 16.5. The Labute approximate surface area is 190 Å². The predicted octanol–water partition coefficient (Wildman–Crippen LogP) is 3.90. The first-order valence-electron chi connectivity index (χ1n) is 11.5. The molecule has 6 heteroatoms. The highest BCUT2D eigenvalue weighted by molar-refractivity contribution is 5.78. The van der Waals surface area contributed by atoms with E-state index in [2.05, 4.69) is 12.2 Å². The van der Waals surface area contributed by atoms with Gasteiger partial charge in [0, 0.05) is 25.6 Å². The second kappa shape index (κ2) is 12.1. The normalized spacial score (nSPS) is 14.1. The van der Waals surface area contributed by atoms with Crippen LogP contribution in [0.5, 0.6) is 11.5 Å². The maximum Gasteiger partial charge on any atom is 0.258 e. The Morgan fingerprint density at radius 3 is 2.47 bits per heavy atom. The van der Waals surface area contributed by atoms with Crippen LogP contribution in [0.25, 0.3) is 0 Å². The summed E-state index contributed by atoms with van der Waals surface area (Å²) in [5.74, 6) is 1.63. The summed E-state index contributed by atoms with van der Waals surface area (Å²) in [5.41, 5.74) is 2.29. The van der Waals surface area contributed by atoms with Crippen LogP contribution in [0.1, 0.15) is 43.7 Å². The number of likely N-dealkylation sites (tertiary alicyclic amines) is 1. The van der Waals surface area contributed by atoms with E-state index < -0.39 is 0 Å². The molecule has 0 saturated carbocycles. The van der Waals surface area contributed by atoms with Crippen molar-refractivity contribution < 1.29 is 19.1 Å². The number of hydrogen-bond acceptors (Lipinski definition) is 4. The quantitative estimate of drug-likeness (QED) is 0.571. The van der Waals surface area contributed by atoms with Gasteiger partial charge in [-0.1, -0.05) is 42.8 Å². The average Bonchev–Trinajstić information content (AvgIpc) is 2.82. The van der Waals surface area contributed by atoms with Crippen molar-refractivity contribution in [3.63, 3.8) is 0 Å². The zero-order chi connectivity index (χ0) is 22.8. The number of rotatable bonds is 10. The molecule has 0 aliphatic carbocycles. The number of hydrogen-bond donors (Lipinski definition) is 1. The standard InChI is InChI=1S/C26H34N2O4/c1-3-21-7-4-5-8-24(21)32-19-25(29)27-22-14-16-28(17-15-22)26(30)9-6-18-31-23-12-10-20(2)11-13-23/h4-5,7-8,10-13,22H,3,6,9,14-19H2,1-2H3,(H,27,29). The van der Waals surface area contributed by atoms with Gasteiger partial charge in [0.05, 0.1) is 6.61 Å². The van der Waals surface area contributed by atoms with E-state index >= 15 is 0 Å². The molecule has 1 N–H and O–H groups in total. The Morgan fingerprint density at radius 1 is 1.03 bits per heavy atom. The van der Waals surface area contributed by atoms with Crippen molar-refractivity contribution in [1.29, 1.82) is 0 Å². The van der Waals surface area contributed by atoms with Gasteiger partial charge in [-0.3, -0.25) is 9.59 Å². The number of carbonyl (C=O) groups is 2. The van der Waals surface area contributed by atoms with Gasteiger partial charge in [-0.05, 0) is 56.4 Å². The van der Waals surface area contributed by atoms with E-state index in [-0.39, 0.29) is 24.5 Å². The van der Waals surface area contributed by atoms with Gasteiger partial charge in [-0.15, -0.1) is 0 Å². The first-order chi connectivity index (χ1) is 15.5. The molecule has 0 atom stereocenters. The number of piperidine rings is 1. The monoisotopic (exact) mass is 438 g/mol. The van der Waals surface area contributed by atoms with Crippen molar-refractivity contribution in [3.05, 3.63) is 59.7 Å². The third kappa shape index (κ3) is 7.29. The van der Waals surface area contributed by atoms with Crippen molar-refractivity contribution in [3.8, 4) is 11.5 Å². The van der Waals surface area contributed by atoms with Crippen LogP contribution in [-0.4, -0.2) is 49.1 Å². The van der Waals surface area contributed by atoms with E-state index in [1.807, 2.05) is 60.4 Å². The third-order valence-corrected chi connectivity index (χ3v) is 5.75. The summed E-state index contributed by atoms with van der Waals surface area (Å²) < 4.78 is 11.4. The Morgan fingerprint density at radius 2 is 1.75 bits per heavy atom. The van der Waals surface area contributed by atoms with E-state index in [1.165, 1.54) is 5.56 Å². The lowest BCUT2D eigenvalue weighted by atomic mass is 10.0. The topological polar surface area (TPSA) is 67.9 Å². The highest BCUT2D eigenvalue weighted by Gasteiger charge is 2.23. The lowest BCUT2D eigenvalue weighted by Gasteiger charge is -2.32. The van der Waals surface area contributed by atoms with E-state index in [0.717, 1.165) is 36.3 Å². The van der Waals surface area contributed by atoms with Crippen molar-refractivity contribution in [2.75, 3.05) is 26.3 Å². The molecular formula is C26H34N2O4. The van der Waals surface area contributed by atoms with Crippen LogP contribution < -0.4 is 14.8 Å². The lowest BCUT2D eigenvalue weighted by Crippen LogP contribution is -2.47. The van der Waals surface area contributed by atoms with Crippen LogP contribution in [0, 0.1) is 6.92 Å². The molecule has 1 saturated heterocycles. The number of nitrogens with one attached hydrogen (secondary N) is 1. The summed E-state index contributed by atoms with van der Waals surface area (Å²) in [4.78, 5) is 26.6. The molecule has 1 aliphatic rings. The minimum Gasteiger partial charge on any atom is -0.494 e. The lowest BCUT2D eigenvalue weighted by molar-refractivity contribution is -0.132. The fraction of sp³-hybridized carbons (Fsp3) is 0.462. The van der Waals surface area contributed by atoms with Crippen LogP contribution in [0.4, 0.5) is 0 Å². The van der Waals surface area contributed by atoms with Crippen LogP contribution in [0.15, 0.2) is 48.5 Å². The van der Waals surface area contributed by atoms with Gasteiger partial charge < -0.3 is 19.7 Å². The van der Waals surface area contributed by atoms with Crippen LogP contribution in [0.3, 0.4) is 0 Å². The molecule has 172 valence electrons. The molecular weight excluding hydrogens is 404 g/mol. The summed E-state index contributed by atoms with van der Waals surface area (Å²) >= 11 is 0. The minimum absolute atomic E-state index is 0.0111. The van der Waals surface area contributed by atoms with E-state index in [1.54, 1.807) is 0 Å². The third-order valence-electron chi connectivity index (χ3n) is 5.75. The molecule has 0 bridgehead atoms. The summed E-state index contributed by atoms with van der Waals surface area (Å²) in [6, 6.07) is 15.8. The van der Waals surface area contributed by atoms with Gasteiger partial charge >= 0.3 is 0 Å². The molecule has 1 aliphatic heterocycles. The van der Waals surface area contributed by atoms with Gasteiger partial charge in [0.25, 0.3) is 5.91 Å². The molecule has 1 fully saturated rings. The second-order valence-electron chi connectivity index (χ2n) is 8.24. The summed E-state index contributed by atoms with van der Waals surface area (Å²) in [5, 5.41) is 3.04. The highest BCUT2D eigenvalue weighted by Crippen LogP contribution is 2.18. The molecule has 3 rings (SSSR count). The second-order valence-corrected chi connectivity index (χ2v) is 8.24. The van der Waals surface area contributed by atoms with Gasteiger partial charge in [-0.25, -0.2) is 0 Å². The average molecular weight is 439 g/mol. The number of nitrogens with zero attached hydrogens (tertiary/aromatic N) is 1. The minimum atomic E-state index is -0.117. The molecule has 32 heavy (non-hydrogen) atoms. The van der Waals surface area contributed by atoms with E-state index in [0.29, 0.717) is 32.5 Å². The number of benzene rings is 2. The zero-order valence-corrected chi connectivity index (χ0v) is 19.1. The van der Waals surface area contributed by atoms with Crippen molar-refractivity contribution in [1.82, 2.24) is 10.2 Å². The predicted molar refractivity (Wildman–Crippen MR) is 125 cm³/mol. The zero-order valence-electron chi connectivity index (χ0n) is 19.1. The molecule has 2 aromatic rings. The number of carbonyl (C=O) groups excluding carboxylic acids is 2. The van der Waals surface area contributed by atoms with Crippen LogP contribution in [-0.2, 0) is 16.0 Å². The van der Waals surface area contributed by atoms with Crippen molar-refractivity contribution >= 4 is 11.8 Å². The Balaban J connectivity index is 1.30. The molecule has 0 radical (unpaired) electrons. The summed E-state index contributed by atoms with van der Waals surface area (Å²) in [7, 11) is 0. The van der Waals surface area contributed by atoms with E-state index in [4.69, 9.17) is 9.47 Å². The fourth-order valence-electron chi connectivity index (χ4n) is 3.83. The molecule has 0 spiro atoms. The maximum atomic E-state index is 12.5. The van der Waals surface area contributed by atoms with Crippen LogP contribution >= 0.6 is 0 Å². The number of aryl methyl sites for hydroxylation is 2. The largest absolute Gasteiger partial charge is 0.494 e. The van der Waals surface area contributed by atoms with Gasteiger partial charge in [0.1, 0.15) is 11.5 Å². The molecule has 2 aromatic carbocycles. The fourth-order valence-corrected chi connectivity index (χ4v) is 3.83.